The number of para-hydroxylation sites is 1. The molecule has 162 valence electrons. The van der Waals surface area contributed by atoms with Gasteiger partial charge in [-0.3, -0.25) is 4.79 Å². The number of carbonyl (C=O) groups excluding carboxylic acids is 1. The zero-order valence-corrected chi connectivity index (χ0v) is 19.0. The van der Waals surface area contributed by atoms with E-state index >= 15 is 0 Å². The van der Waals surface area contributed by atoms with Gasteiger partial charge in [0.15, 0.2) is 18.1 Å². The van der Waals surface area contributed by atoms with Crippen molar-refractivity contribution < 1.29 is 14.3 Å². The molecular formula is C22H39ClN2O3. The van der Waals surface area contributed by atoms with Crippen LogP contribution in [0, 0.1) is 0 Å². The van der Waals surface area contributed by atoms with Crippen molar-refractivity contribution in [3.8, 4) is 11.5 Å². The summed E-state index contributed by atoms with van der Waals surface area (Å²) in [7, 11) is 1.62. The molecule has 1 aromatic carbocycles. The quantitative estimate of drug-likeness (QED) is 0.452. The monoisotopic (exact) mass is 414 g/mol. The van der Waals surface area contributed by atoms with E-state index in [4.69, 9.17) is 9.47 Å². The second kappa shape index (κ2) is 14.5. The van der Waals surface area contributed by atoms with E-state index in [2.05, 4.69) is 17.6 Å². The molecule has 0 unspecified atom stereocenters. The maximum absolute atomic E-state index is 12.1. The van der Waals surface area contributed by atoms with E-state index in [1.807, 2.05) is 39.0 Å². The Balaban J connectivity index is 0.00000729. The predicted molar refractivity (Wildman–Crippen MR) is 119 cm³/mol. The van der Waals surface area contributed by atoms with Crippen LogP contribution in [0.25, 0.3) is 0 Å². The number of halogens is 1. The number of rotatable bonds is 13. The Kier molecular flexibility index (Phi) is 13.8. The summed E-state index contributed by atoms with van der Waals surface area (Å²) in [4.78, 5) is 12.1. The molecule has 5 nitrogen and oxygen atoms in total. The topological polar surface area (TPSA) is 59.6 Å². The van der Waals surface area contributed by atoms with Crippen LogP contribution in [0.4, 0.5) is 0 Å². The summed E-state index contributed by atoms with van der Waals surface area (Å²) in [6.45, 7) is 9.74. The minimum Gasteiger partial charge on any atom is -0.493 e. The third-order valence-corrected chi connectivity index (χ3v) is 4.16. The van der Waals surface area contributed by atoms with E-state index in [0.29, 0.717) is 18.0 Å². The van der Waals surface area contributed by atoms with E-state index in [0.717, 1.165) is 12.1 Å². The summed E-state index contributed by atoms with van der Waals surface area (Å²) < 4.78 is 11.2. The number of hydrogen-bond acceptors (Lipinski definition) is 4. The first kappa shape index (κ1) is 26.5. The molecule has 0 saturated carbocycles. The normalized spacial score (nSPS) is 10.9. The third-order valence-electron chi connectivity index (χ3n) is 4.16. The number of methoxy groups -OCH3 is 1. The van der Waals surface area contributed by atoms with Crippen LogP contribution >= 0.6 is 12.4 Å². The van der Waals surface area contributed by atoms with Gasteiger partial charge < -0.3 is 20.1 Å². The van der Waals surface area contributed by atoms with E-state index in [9.17, 15) is 4.79 Å². The van der Waals surface area contributed by atoms with Crippen molar-refractivity contribution in [2.24, 2.45) is 0 Å². The second-order valence-corrected chi connectivity index (χ2v) is 7.98. The lowest BCUT2D eigenvalue weighted by Crippen LogP contribution is -2.43. The Hall–Kier alpha value is -1.46. The zero-order valence-electron chi connectivity index (χ0n) is 18.2. The predicted octanol–water partition coefficient (Wildman–Crippen LogP) is 4.86. The molecule has 0 spiro atoms. The molecule has 0 aliphatic rings. The van der Waals surface area contributed by atoms with Crippen LogP contribution in [0.1, 0.15) is 71.8 Å². The van der Waals surface area contributed by atoms with Gasteiger partial charge in [0.25, 0.3) is 5.91 Å². The lowest BCUT2D eigenvalue weighted by Gasteiger charge is -2.21. The smallest absolute Gasteiger partial charge is 0.258 e. The number of unbranched alkanes of at least 4 members (excludes halogenated alkanes) is 5. The fourth-order valence-corrected chi connectivity index (χ4v) is 2.87. The molecule has 0 radical (unpaired) electrons. The summed E-state index contributed by atoms with van der Waals surface area (Å²) in [6.07, 6.45) is 7.71. The molecule has 0 bridgehead atoms. The Labute approximate surface area is 177 Å². The molecule has 0 heterocycles. The van der Waals surface area contributed by atoms with Gasteiger partial charge in [0.05, 0.1) is 7.11 Å². The van der Waals surface area contributed by atoms with Gasteiger partial charge in [-0.2, -0.15) is 0 Å². The molecule has 28 heavy (non-hydrogen) atoms. The van der Waals surface area contributed by atoms with Crippen molar-refractivity contribution in [3.05, 3.63) is 23.8 Å². The van der Waals surface area contributed by atoms with Gasteiger partial charge >= 0.3 is 0 Å². The van der Waals surface area contributed by atoms with Crippen LogP contribution in [-0.4, -0.2) is 31.7 Å². The van der Waals surface area contributed by atoms with E-state index < -0.39 is 0 Å². The highest BCUT2D eigenvalue weighted by Gasteiger charge is 2.16. The molecule has 1 rings (SSSR count). The molecule has 0 saturated heterocycles. The fraction of sp³-hybridized carbons (Fsp3) is 0.682. The molecule has 2 N–H and O–H groups in total. The Bertz CT molecular complexity index is 559. The molecule has 0 fully saturated rings. The van der Waals surface area contributed by atoms with Crippen molar-refractivity contribution in [1.82, 2.24) is 10.6 Å². The van der Waals surface area contributed by atoms with Gasteiger partial charge in [0, 0.05) is 17.6 Å². The highest BCUT2D eigenvalue weighted by Crippen LogP contribution is 2.31. The summed E-state index contributed by atoms with van der Waals surface area (Å²) in [5.74, 6) is 1.15. The van der Waals surface area contributed by atoms with Crippen LogP contribution in [0.3, 0.4) is 0 Å². The zero-order chi connectivity index (χ0) is 20.1. The first-order valence-corrected chi connectivity index (χ1v) is 10.2. The van der Waals surface area contributed by atoms with Crippen molar-refractivity contribution in [1.29, 1.82) is 0 Å². The van der Waals surface area contributed by atoms with E-state index in [-0.39, 0.29) is 30.5 Å². The van der Waals surface area contributed by atoms with Gasteiger partial charge in [-0.15, -0.1) is 12.4 Å². The Morgan fingerprint density at radius 1 is 1.07 bits per heavy atom. The number of ether oxygens (including phenoxy) is 2. The highest BCUT2D eigenvalue weighted by atomic mass is 35.5. The second-order valence-electron chi connectivity index (χ2n) is 7.98. The maximum atomic E-state index is 12.1. The summed E-state index contributed by atoms with van der Waals surface area (Å²) in [6, 6.07) is 5.81. The third kappa shape index (κ3) is 11.4. The van der Waals surface area contributed by atoms with Crippen molar-refractivity contribution in [2.45, 2.75) is 78.3 Å². The number of nitrogens with one attached hydrogen (secondary N) is 2. The minimum absolute atomic E-state index is 0. The first-order valence-electron chi connectivity index (χ1n) is 10.2. The summed E-state index contributed by atoms with van der Waals surface area (Å²) in [5, 5.41) is 6.38. The largest absolute Gasteiger partial charge is 0.493 e. The van der Waals surface area contributed by atoms with Crippen LogP contribution in [0.15, 0.2) is 18.2 Å². The summed E-state index contributed by atoms with van der Waals surface area (Å²) in [5.41, 5.74) is 0.729. The van der Waals surface area contributed by atoms with Crippen LogP contribution in [-0.2, 0) is 11.3 Å². The molecule has 1 aromatic rings. The van der Waals surface area contributed by atoms with Crippen LogP contribution < -0.4 is 20.1 Å². The first-order chi connectivity index (χ1) is 12.9. The average Bonchev–Trinajstić information content (AvgIpc) is 2.61. The van der Waals surface area contributed by atoms with E-state index in [1.165, 1.54) is 38.5 Å². The molecule has 1 amide bonds. The standard InChI is InChI=1S/C22H38N2O3.ClH/c1-6-7-8-9-10-11-15-23-16-18-13-12-14-19(26-5)21(18)27-17-20(25)24-22(2,3)4;/h12-14,23H,6-11,15-17H2,1-5H3,(H,24,25);1H. The highest BCUT2D eigenvalue weighted by molar-refractivity contribution is 5.85. The van der Waals surface area contributed by atoms with Crippen LogP contribution in [0.5, 0.6) is 11.5 Å². The fourth-order valence-electron chi connectivity index (χ4n) is 2.87. The summed E-state index contributed by atoms with van der Waals surface area (Å²) >= 11 is 0. The van der Waals surface area contributed by atoms with Gasteiger partial charge in [-0.05, 0) is 39.8 Å². The lowest BCUT2D eigenvalue weighted by atomic mass is 10.1. The van der Waals surface area contributed by atoms with Crippen molar-refractivity contribution in [3.63, 3.8) is 0 Å². The molecule has 0 aliphatic carbocycles. The molecule has 0 aromatic heterocycles. The maximum Gasteiger partial charge on any atom is 0.258 e. The molecule has 0 aliphatic heterocycles. The van der Waals surface area contributed by atoms with E-state index in [1.54, 1.807) is 7.11 Å². The van der Waals surface area contributed by atoms with Gasteiger partial charge in [0.2, 0.25) is 0 Å². The Morgan fingerprint density at radius 2 is 1.75 bits per heavy atom. The average molecular weight is 415 g/mol. The molecule has 6 heteroatoms. The van der Waals surface area contributed by atoms with Gasteiger partial charge in [0.1, 0.15) is 0 Å². The molecule has 0 atom stereocenters. The molecular weight excluding hydrogens is 376 g/mol. The minimum atomic E-state index is -0.275. The Morgan fingerprint density at radius 3 is 2.39 bits per heavy atom. The number of hydrogen-bond donors (Lipinski definition) is 2. The number of benzene rings is 1. The van der Waals surface area contributed by atoms with Crippen LogP contribution in [0.2, 0.25) is 0 Å². The number of carbonyl (C=O) groups is 1. The van der Waals surface area contributed by atoms with Gasteiger partial charge in [-0.1, -0.05) is 51.2 Å². The number of amides is 1. The van der Waals surface area contributed by atoms with Crippen molar-refractivity contribution >= 4 is 18.3 Å². The van der Waals surface area contributed by atoms with Crippen molar-refractivity contribution in [2.75, 3.05) is 20.3 Å². The SMILES string of the molecule is CCCCCCCCNCc1cccc(OC)c1OCC(=O)NC(C)(C)C.Cl. The lowest BCUT2D eigenvalue weighted by molar-refractivity contribution is -0.124. The van der Waals surface area contributed by atoms with Gasteiger partial charge in [-0.25, -0.2) is 0 Å².